The van der Waals surface area contributed by atoms with Crippen molar-refractivity contribution in [3.05, 3.63) is 51.2 Å². The normalized spacial score (nSPS) is 23.0. The number of H-pyrrole nitrogens is 1. The Morgan fingerprint density at radius 1 is 1.33 bits per heavy atom. The first-order valence-corrected chi connectivity index (χ1v) is 9.16. The fraction of sp³-hybridized carbons (Fsp3) is 0.316. The van der Waals surface area contributed by atoms with Crippen LogP contribution in [0.3, 0.4) is 0 Å². The number of Topliss-reactive ketones (excluding diaryl/α,β-unsaturated/α-hetero) is 1. The zero-order chi connectivity index (χ0) is 16.3. The van der Waals surface area contributed by atoms with Crippen molar-refractivity contribution in [3.63, 3.8) is 0 Å². The Morgan fingerprint density at radius 3 is 3.08 bits per heavy atom. The number of aromatic nitrogens is 3. The van der Waals surface area contributed by atoms with Gasteiger partial charge >= 0.3 is 0 Å². The molecular weight excluding hydrogens is 318 g/mol. The lowest BCUT2D eigenvalue weighted by molar-refractivity contribution is -0.116. The summed E-state index contributed by atoms with van der Waals surface area (Å²) in [6.45, 7) is 2.00. The van der Waals surface area contributed by atoms with Crippen LogP contribution in [0.2, 0.25) is 0 Å². The minimum Gasteiger partial charge on any atom is -0.295 e. The lowest BCUT2D eigenvalue weighted by Crippen LogP contribution is -2.30. The van der Waals surface area contributed by atoms with Gasteiger partial charge in [-0.3, -0.25) is 9.89 Å². The SMILES string of the molecule is CC1=C2c3ccc4[nH]nnc4c3CC2(Cc2cccs2)CCC1=O. The van der Waals surface area contributed by atoms with Gasteiger partial charge in [0.25, 0.3) is 0 Å². The molecule has 2 heterocycles. The number of nitrogens with zero attached hydrogens (tertiary/aromatic N) is 2. The van der Waals surface area contributed by atoms with Gasteiger partial charge in [0, 0.05) is 16.7 Å². The molecule has 0 amide bonds. The molecule has 24 heavy (non-hydrogen) atoms. The molecule has 120 valence electrons. The predicted octanol–water partition coefficient (Wildman–Crippen LogP) is 3.94. The van der Waals surface area contributed by atoms with Crippen LogP contribution in [0.25, 0.3) is 16.6 Å². The van der Waals surface area contributed by atoms with Crippen LogP contribution in [0.15, 0.2) is 35.2 Å². The van der Waals surface area contributed by atoms with E-state index in [0.717, 1.165) is 35.9 Å². The molecule has 4 nitrogen and oxygen atoms in total. The molecule has 0 saturated heterocycles. The van der Waals surface area contributed by atoms with Crippen molar-refractivity contribution in [1.82, 2.24) is 15.4 Å². The van der Waals surface area contributed by atoms with Gasteiger partial charge < -0.3 is 0 Å². The van der Waals surface area contributed by atoms with Gasteiger partial charge in [0.1, 0.15) is 5.52 Å². The number of ketones is 1. The van der Waals surface area contributed by atoms with Gasteiger partial charge in [0.15, 0.2) is 5.78 Å². The number of carbonyl (C=O) groups is 1. The highest BCUT2D eigenvalue weighted by atomic mass is 32.1. The van der Waals surface area contributed by atoms with E-state index in [-0.39, 0.29) is 5.41 Å². The number of rotatable bonds is 2. The maximum atomic E-state index is 12.4. The minimum atomic E-state index is 0.0262. The molecule has 0 radical (unpaired) electrons. The van der Waals surface area contributed by atoms with Crippen molar-refractivity contribution in [2.45, 2.75) is 32.6 Å². The second kappa shape index (κ2) is 4.86. The molecule has 1 aromatic carbocycles. The molecule has 1 atom stereocenters. The van der Waals surface area contributed by atoms with Crippen molar-refractivity contribution < 1.29 is 4.79 Å². The van der Waals surface area contributed by atoms with Crippen LogP contribution in [-0.2, 0) is 17.6 Å². The van der Waals surface area contributed by atoms with Gasteiger partial charge in [-0.1, -0.05) is 17.3 Å². The number of thiophene rings is 1. The molecule has 0 bridgehead atoms. The third-order valence-electron chi connectivity index (χ3n) is 5.63. The van der Waals surface area contributed by atoms with Gasteiger partial charge in [-0.2, -0.15) is 0 Å². The van der Waals surface area contributed by atoms with Crippen LogP contribution >= 0.6 is 11.3 Å². The standard InChI is InChI=1S/C19H17N3OS/c1-11-16(23)6-7-19(9-12-3-2-8-24-12)10-14-13(17(11)19)4-5-15-18(14)21-22-20-15/h2-5,8H,6-7,9-10H2,1H3,(H,20,21,22). The second-order valence-electron chi connectivity index (χ2n) is 6.94. The number of benzene rings is 1. The van der Waals surface area contributed by atoms with Crippen LogP contribution in [0.5, 0.6) is 0 Å². The molecule has 1 unspecified atom stereocenters. The maximum Gasteiger partial charge on any atom is 0.158 e. The summed E-state index contributed by atoms with van der Waals surface area (Å²) in [5.41, 5.74) is 6.62. The number of hydrogen-bond acceptors (Lipinski definition) is 4. The molecule has 0 spiro atoms. The molecule has 2 aliphatic rings. The van der Waals surface area contributed by atoms with E-state index in [1.807, 2.05) is 13.0 Å². The second-order valence-corrected chi connectivity index (χ2v) is 7.97. The molecular formula is C19H17N3OS. The van der Waals surface area contributed by atoms with E-state index in [9.17, 15) is 4.79 Å². The first-order valence-electron chi connectivity index (χ1n) is 8.28. The van der Waals surface area contributed by atoms with Gasteiger partial charge in [0.05, 0.1) is 5.52 Å². The fourth-order valence-electron chi connectivity index (χ4n) is 4.57. The molecule has 5 rings (SSSR count). The van der Waals surface area contributed by atoms with Crippen LogP contribution in [-0.4, -0.2) is 21.2 Å². The summed E-state index contributed by atoms with van der Waals surface area (Å²) in [6.07, 6.45) is 3.52. The Balaban J connectivity index is 1.76. The van der Waals surface area contributed by atoms with E-state index in [4.69, 9.17) is 0 Å². The Bertz CT molecular complexity index is 999. The van der Waals surface area contributed by atoms with Gasteiger partial charge in [-0.25, -0.2) is 0 Å². The third-order valence-corrected chi connectivity index (χ3v) is 6.51. The zero-order valence-corrected chi connectivity index (χ0v) is 14.2. The first kappa shape index (κ1) is 14.1. The van der Waals surface area contributed by atoms with E-state index >= 15 is 0 Å². The Morgan fingerprint density at radius 2 is 2.25 bits per heavy atom. The van der Waals surface area contributed by atoms with Crippen molar-refractivity contribution in [2.75, 3.05) is 0 Å². The molecule has 3 aromatic rings. The monoisotopic (exact) mass is 335 g/mol. The smallest absolute Gasteiger partial charge is 0.158 e. The number of fused-ring (bicyclic) bond motifs is 5. The average Bonchev–Trinajstić information content (AvgIpc) is 3.29. The van der Waals surface area contributed by atoms with Gasteiger partial charge in [-0.15, -0.1) is 16.4 Å². The zero-order valence-electron chi connectivity index (χ0n) is 13.4. The van der Waals surface area contributed by atoms with E-state index in [1.165, 1.54) is 21.6 Å². The molecule has 0 saturated carbocycles. The highest BCUT2D eigenvalue weighted by Crippen LogP contribution is 2.56. The Kier molecular flexibility index (Phi) is 2.86. The van der Waals surface area contributed by atoms with Crippen LogP contribution in [0.4, 0.5) is 0 Å². The quantitative estimate of drug-likeness (QED) is 0.771. The molecule has 2 aliphatic carbocycles. The average molecular weight is 335 g/mol. The van der Waals surface area contributed by atoms with Crippen LogP contribution < -0.4 is 0 Å². The van der Waals surface area contributed by atoms with Crippen molar-refractivity contribution in [1.29, 1.82) is 0 Å². The summed E-state index contributed by atoms with van der Waals surface area (Å²) in [5.74, 6) is 0.292. The van der Waals surface area contributed by atoms with Gasteiger partial charge in [0.2, 0.25) is 0 Å². The maximum absolute atomic E-state index is 12.4. The van der Waals surface area contributed by atoms with Crippen molar-refractivity contribution in [3.8, 4) is 0 Å². The Labute approximate surface area is 143 Å². The molecule has 0 aliphatic heterocycles. The van der Waals surface area contributed by atoms with E-state index in [2.05, 4.69) is 39.0 Å². The summed E-state index contributed by atoms with van der Waals surface area (Å²) >= 11 is 1.80. The largest absolute Gasteiger partial charge is 0.295 e. The predicted molar refractivity (Wildman–Crippen MR) is 94.9 cm³/mol. The summed E-state index contributed by atoms with van der Waals surface area (Å²) in [7, 11) is 0. The van der Waals surface area contributed by atoms with Crippen molar-refractivity contribution >= 4 is 33.7 Å². The number of hydrogen-bond donors (Lipinski definition) is 1. The van der Waals surface area contributed by atoms with E-state index in [0.29, 0.717) is 12.2 Å². The number of nitrogens with one attached hydrogen (secondary N) is 1. The molecule has 0 fully saturated rings. The van der Waals surface area contributed by atoms with E-state index in [1.54, 1.807) is 11.3 Å². The third kappa shape index (κ3) is 1.82. The molecule has 5 heteroatoms. The summed E-state index contributed by atoms with van der Waals surface area (Å²) in [5, 5.41) is 13.4. The topological polar surface area (TPSA) is 58.6 Å². The summed E-state index contributed by atoms with van der Waals surface area (Å²) in [6, 6.07) is 8.50. The summed E-state index contributed by atoms with van der Waals surface area (Å²) in [4.78, 5) is 13.8. The highest BCUT2D eigenvalue weighted by molar-refractivity contribution is 7.09. The van der Waals surface area contributed by atoms with Crippen LogP contribution in [0.1, 0.15) is 35.8 Å². The number of carbonyl (C=O) groups excluding carboxylic acids is 1. The van der Waals surface area contributed by atoms with Crippen molar-refractivity contribution in [2.24, 2.45) is 5.41 Å². The molecule has 2 aromatic heterocycles. The number of aromatic amines is 1. The van der Waals surface area contributed by atoms with Gasteiger partial charge in [-0.05, 0) is 66.0 Å². The summed E-state index contributed by atoms with van der Waals surface area (Å²) < 4.78 is 0. The lowest BCUT2D eigenvalue weighted by atomic mass is 9.68. The Hall–Kier alpha value is -2.27. The minimum absolute atomic E-state index is 0.0262. The van der Waals surface area contributed by atoms with Crippen LogP contribution in [0, 0.1) is 5.41 Å². The highest BCUT2D eigenvalue weighted by Gasteiger charge is 2.47. The lowest BCUT2D eigenvalue weighted by Gasteiger charge is -2.35. The number of allylic oxidation sites excluding steroid dienone is 2. The molecule has 1 N–H and O–H groups in total. The fourth-order valence-corrected chi connectivity index (χ4v) is 5.42. The van der Waals surface area contributed by atoms with E-state index < -0.39 is 0 Å². The first-order chi connectivity index (χ1) is 11.7.